The molecule has 2 rings (SSSR count). The molecule has 0 aliphatic carbocycles. The molecule has 2 aromatic rings. The van der Waals surface area contributed by atoms with Gasteiger partial charge < -0.3 is 0 Å². The number of allylic oxidation sites excluding steroid dienone is 6. The molecular formula is C18H18. The Morgan fingerprint density at radius 2 is 1.67 bits per heavy atom. The lowest BCUT2D eigenvalue weighted by Gasteiger charge is -2.07. The quantitative estimate of drug-likeness (QED) is 0.626. The average molecular weight is 234 g/mol. The summed E-state index contributed by atoms with van der Waals surface area (Å²) < 4.78 is 0. The second-order valence-corrected chi connectivity index (χ2v) is 4.17. The van der Waals surface area contributed by atoms with Crippen LogP contribution in [0.2, 0.25) is 0 Å². The lowest BCUT2D eigenvalue weighted by atomic mass is 9.97. The molecule has 0 amide bonds. The van der Waals surface area contributed by atoms with Crippen LogP contribution in [0.15, 0.2) is 72.8 Å². The molecule has 0 bridgehead atoms. The van der Waals surface area contributed by atoms with Crippen LogP contribution in [0.5, 0.6) is 0 Å². The lowest BCUT2D eigenvalue weighted by molar-refractivity contribution is 1.64. The predicted octanol–water partition coefficient (Wildman–Crippen LogP) is 5.38. The molecule has 2 aromatic carbocycles. The van der Waals surface area contributed by atoms with E-state index in [2.05, 4.69) is 79.8 Å². The van der Waals surface area contributed by atoms with Crippen LogP contribution >= 0.6 is 0 Å². The summed E-state index contributed by atoms with van der Waals surface area (Å²) in [5.41, 5.74) is 2.52. The fourth-order valence-electron chi connectivity index (χ4n) is 2.09. The molecule has 0 N–H and O–H groups in total. The van der Waals surface area contributed by atoms with Crippen LogP contribution in [0.4, 0.5) is 0 Å². The molecule has 0 saturated heterocycles. The SMILES string of the molecule is C\C=C/C=C(\C=C/C)c1cccc2ccccc12. The third-order valence-electron chi connectivity index (χ3n) is 2.92. The third kappa shape index (κ3) is 2.60. The van der Waals surface area contributed by atoms with Gasteiger partial charge >= 0.3 is 0 Å². The molecule has 0 atom stereocenters. The van der Waals surface area contributed by atoms with Crippen molar-refractivity contribution in [2.24, 2.45) is 0 Å². The Balaban J connectivity index is 2.64. The van der Waals surface area contributed by atoms with Crippen molar-refractivity contribution in [3.8, 4) is 0 Å². The average Bonchev–Trinajstić information content (AvgIpc) is 2.43. The molecule has 0 spiro atoms. The summed E-state index contributed by atoms with van der Waals surface area (Å²) in [7, 11) is 0. The molecule has 0 aromatic heterocycles. The van der Waals surface area contributed by atoms with Gasteiger partial charge in [-0.25, -0.2) is 0 Å². The number of benzene rings is 2. The molecule has 0 heterocycles. The van der Waals surface area contributed by atoms with Crippen molar-refractivity contribution in [2.75, 3.05) is 0 Å². The van der Waals surface area contributed by atoms with Gasteiger partial charge in [-0.3, -0.25) is 0 Å². The zero-order valence-electron chi connectivity index (χ0n) is 10.9. The van der Waals surface area contributed by atoms with Gasteiger partial charge in [-0.1, -0.05) is 72.8 Å². The van der Waals surface area contributed by atoms with E-state index in [4.69, 9.17) is 0 Å². The largest absolute Gasteiger partial charge is 0.0876 e. The second-order valence-electron chi connectivity index (χ2n) is 4.17. The molecule has 90 valence electrons. The minimum Gasteiger partial charge on any atom is -0.0876 e. The van der Waals surface area contributed by atoms with Crippen molar-refractivity contribution in [3.05, 3.63) is 78.4 Å². The van der Waals surface area contributed by atoms with Crippen LogP contribution in [0, 0.1) is 0 Å². The molecule has 0 heteroatoms. The summed E-state index contributed by atoms with van der Waals surface area (Å²) in [6, 6.07) is 15.0. The van der Waals surface area contributed by atoms with Crippen molar-refractivity contribution in [1.82, 2.24) is 0 Å². The maximum atomic E-state index is 2.18. The first-order chi connectivity index (χ1) is 8.86. The highest BCUT2D eigenvalue weighted by atomic mass is 14.1. The molecule has 0 fully saturated rings. The Kier molecular flexibility index (Phi) is 4.14. The van der Waals surface area contributed by atoms with E-state index < -0.39 is 0 Å². The summed E-state index contributed by atoms with van der Waals surface area (Å²) in [6.45, 7) is 4.08. The van der Waals surface area contributed by atoms with E-state index in [1.165, 1.54) is 21.9 Å². The van der Waals surface area contributed by atoms with Crippen LogP contribution in [0.3, 0.4) is 0 Å². The normalized spacial score (nSPS) is 12.9. The zero-order valence-corrected chi connectivity index (χ0v) is 10.9. The van der Waals surface area contributed by atoms with Crippen molar-refractivity contribution in [1.29, 1.82) is 0 Å². The fourth-order valence-corrected chi connectivity index (χ4v) is 2.09. The monoisotopic (exact) mass is 234 g/mol. The van der Waals surface area contributed by atoms with Crippen molar-refractivity contribution >= 4 is 16.3 Å². The molecule has 18 heavy (non-hydrogen) atoms. The highest BCUT2D eigenvalue weighted by Crippen LogP contribution is 2.26. The predicted molar refractivity (Wildman–Crippen MR) is 81.6 cm³/mol. The minimum atomic E-state index is 1.24. The van der Waals surface area contributed by atoms with E-state index in [0.717, 1.165) is 0 Å². The number of hydrogen-bond acceptors (Lipinski definition) is 0. The Morgan fingerprint density at radius 1 is 0.889 bits per heavy atom. The van der Waals surface area contributed by atoms with Gasteiger partial charge in [-0.15, -0.1) is 0 Å². The minimum absolute atomic E-state index is 1.24. The van der Waals surface area contributed by atoms with Gasteiger partial charge in [0.2, 0.25) is 0 Å². The van der Waals surface area contributed by atoms with Gasteiger partial charge in [0, 0.05) is 0 Å². The summed E-state index contributed by atoms with van der Waals surface area (Å²) in [5.74, 6) is 0. The number of rotatable bonds is 3. The maximum absolute atomic E-state index is 2.18. The van der Waals surface area contributed by atoms with Gasteiger partial charge in [0.1, 0.15) is 0 Å². The number of hydrogen-bond donors (Lipinski definition) is 0. The van der Waals surface area contributed by atoms with Gasteiger partial charge in [0.15, 0.2) is 0 Å². The Morgan fingerprint density at radius 3 is 2.44 bits per heavy atom. The molecule has 0 unspecified atom stereocenters. The van der Waals surface area contributed by atoms with E-state index in [-0.39, 0.29) is 0 Å². The van der Waals surface area contributed by atoms with Gasteiger partial charge in [0.25, 0.3) is 0 Å². The zero-order chi connectivity index (χ0) is 12.8. The van der Waals surface area contributed by atoms with Crippen LogP contribution in [-0.4, -0.2) is 0 Å². The molecule has 0 radical (unpaired) electrons. The Bertz CT molecular complexity index is 607. The Labute approximate surface area is 109 Å². The molecule has 0 saturated carbocycles. The summed E-state index contributed by atoms with van der Waals surface area (Å²) >= 11 is 0. The highest BCUT2D eigenvalue weighted by Gasteiger charge is 2.02. The molecule has 0 aliphatic heterocycles. The van der Waals surface area contributed by atoms with Crippen molar-refractivity contribution in [2.45, 2.75) is 13.8 Å². The third-order valence-corrected chi connectivity index (χ3v) is 2.92. The lowest BCUT2D eigenvalue weighted by Crippen LogP contribution is -1.84. The van der Waals surface area contributed by atoms with E-state index in [0.29, 0.717) is 0 Å². The smallest absolute Gasteiger partial charge is 0.0105 e. The van der Waals surface area contributed by atoms with Gasteiger partial charge in [0.05, 0.1) is 0 Å². The van der Waals surface area contributed by atoms with Crippen LogP contribution < -0.4 is 0 Å². The molecule has 0 nitrogen and oxygen atoms in total. The molecule has 0 aliphatic rings. The highest BCUT2D eigenvalue weighted by molar-refractivity contribution is 5.96. The Hall–Kier alpha value is -2.08. The second kappa shape index (κ2) is 6.02. The van der Waals surface area contributed by atoms with Crippen LogP contribution in [0.25, 0.3) is 16.3 Å². The van der Waals surface area contributed by atoms with Crippen molar-refractivity contribution in [3.63, 3.8) is 0 Å². The van der Waals surface area contributed by atoms with E-state index in [1.807, 2.05) is 6.92 Å². The fraction of sp³-hybridized carbons (Fsp3) is 0.111. The molecular weight excluding hydrogens is 216 g/mol. The number of fused-ring (bicyclic) bond motifs is 1. The van der Waals surface area contributed by atoms with Crippen LogP contribution in [-0.2, 0) is 0 Å². The first-order valence-electron chi connectivity index (χ1n) is 6.30. The standard InChI is InChI=1S/C18H18/c1-3-5-10-15(9-4-2)18-14-8-12-16-11-6-7-13-17(16)18/h3-14H,1-2H3/b5-3-,9-4-,15-10+. The summed E-state index contributed by atoms with van der Waals surface area (Å²) in [6.07, 6.45) is 10.5. The van der Waals surface area contributed by atoms with E-state index in [1.54, 1.807) is 0 Å². The van der Waals surface area contributed by atoms with Crippen LogP contribution in [0.1, 0.15) is 19.4 Å². The topological polar surface area (TPSA) is 0 Å². The maximum Gasteiger partial charge on any atom is -0.0105 e. The first-order valence-corrected chi connectivity index (χ1v) is 6.30. The van der Waals surface area contributed by atoms with E-state index >= 15 is 0 Å². The summed E-state index contributed by atoms with van der Waals surface area (Å²) in [4.78, 5) is 0. The van der Waals surface area contributed by atoms with Gasteiger partial charge in [-0.2, -0.15) is 0 Å². The van der Waals surface area contributed by atoms with Crippen molar-refractivity contribution < 1.29 is 0 Å². The summed E-state index contributed by atoms with van der Waals surface area (Å²) in [5, 5.41) is 2.58. The first kappa shape index (κ1) is 12.4. The van der Waals surface area contributed by atoms with Gasteiger partial charge in [-0.05, 0) is 35.8 Å². The van der Waals surface area contributed by atoms with E-state index in [9.17, 15) is 0 Å².